The van der Waals surface area contributed by atoms with Crippen molar-refractivity contribution in [2.45, 2.75) is 0 Å². The zero-order valence-corrected chi connectivity index (χ0v) is 26.4. The first-order valence-corrected chi connectivity index (χ1v) is 16.1. The van der Waals surface area contributed by atoms with Crippen LogP contribution >= 0.6 is 0 Å². The quantitative estimate of drug-likeness (QED) is 0.176. The van der Waals surface area contributed by atoms with Gasteiger partial charge in [0.2, 0.25) is 0 Å². The van der Waals surface area contributed by atoms with Gasteiger partial charge in [-0.3, -0.25) is 0 Å². The van der Waals surface area contributed by atoms with Gasteiger partial charge in [0.1, 0.15) is 0 Å². The highest BCUT2D eigenvalue weighted by molar-refractivity contribution is 6.17. The van der Waals surface area contributed by atoms with Gasteiger partial charge in [0.25, 0.3) is 0 Å². The van der Waals surface area contributed by atoms with Crippen molar-refractivity contribution in [1.29, 1.82) is 0 Å². The molecule has 234 valence electrons. The molecular formula is C48H32N2. The Morgan fingerprint density at radius 3 is 1.58 bits per heavy atom. The van der Waals surface area contributed by atoms with Crippen molar-refractivity contribution in [2.24, 2.45) is 0 Å². The standard InChI is InChI=1S/C48H32N2/c1-4-13-33(14-5-1)34-23-27-39(28-24-34)50-46-30-26-37(32-43(46)48-40(20-12-22-47(48)50)35-15-6-2-7-16-35)36-25-29-45-42(31-36)41-19-10-11-21-44(41)49(45)38-17-8-3-9-18-38/h1-32H/i10D,11D,12D,19D,20D,21D,22D,25D,26D,29D,30D,31D,32D. The summed E-state index contributed by atoms with van der Waals surface area (Å²) in [6.45, 7) is 0. The van der Waals surface area contributed by atoms with E-state index in [1.165, 1.54) is 4.57 Å². The number of fused-ring (bicyclic) bond motifs is 6. The van der Waals surface area contributed by atoms with Gasteiger partial charge in [-0.05, 0) is 93.9 Å². The molecule has 10 rings (SSSR count). The summed E-state index contributed by atoms with van der Waals surface area (Å²) < 4.78 is 124. The fraction of sp³-hybridized carbons (Fsp3) is 0. The molecule has 0 radical (unpaired) electrons. The lowest BCUT2D eigenvalue weighted by molar-refractivity contribution is 1.18. The van der Waals surface area contributed by atoms with Crippen molar-refractivity contribution in [3.63, 3.8) is 0 Å². The molecule has 8 aromatic carbocycles. The molecule has 0 unspecified atom stereocenters. The second kappa shape index (κ2) is 11.5. The number of rotatable bonds is 5. The molecule has 50 heavy (non-hydrogen) atoms. The summed E-state index contributed by atoms with van der Waals surface area (Å²) >= 11 is 0. The predicted molar refractivity (Wildman–Crippen MR) is 211 cm³/mol. The lowest BCUT2D eigenvalue weighted by Gasteiger charge is -2.10. The average molecular weight is 650 g/mol. The molecule has 0 saturated carbocycles. The van der Waals surface area contributed by atoms with Crippen LogP contribution in [0.2, 0.25) is 0 Å². The smallest absolute Gasteiger partial charge is 0.0645 e. The van der Waals surface area contributed by atoms with E-state index in [0.717, 1.165) is 11.1 Å². The number of benzene rings is 8. The Bertz CT molecular complexity index is 3570. The maximum atomic E-state index is 10.0. The van der Waals surface area contributed by atoms with E-state index < -0.39 is 60.4 Å². The fourth-order valence-electron chi connectivity index (χ4n) is 6.78. The Hall–Kier alpha value is -6.64. The van der Waals surface area contributed by atoms with Crippen molar-refractivity contribution in [2.75, 3.05) is 0 Å². The molecule has 2 aromatic heterocycles. The SMILES string of the molecule is [2H]c1c([2H])c([2H])c2c(c1[2H])c1c([2H])c(-c3c([2H])c([2H])c4c(c3[2H])c3c(-c5ccccc5)c([2H])c([2H])c([2H])c3n4-c3ccc(-c4ccccc4)cc3)c([2H])c([2H])c1n2-c1ccccc1. The molecule has 0 saturated heterocycles. The van der Waals surface area contributed by atoms with Crippen LogP contribution in [0.3, 0.4) is 0 Å². The highest BCUT2D eigenvalue weighted by atomic mass is 15.0. The summed E-state index contributed by atoms with van der Waals surface area (Å²) in [5, 5.41) is 0.0588. The lowest BCUT2D eigenvalue weighted by Crippen LogP contribution is -1.94. The predicted octanol–water partition coefficient (Wildman–Crippen LogP) is 12.9. The van der Waals surface area contributed by atoms with E-state index in [4.69, 9.17) is 6.85 Å². The minimum atomic E-state index is -0.567. The molecular weight excluding hydrogens is 605 g/mol. The molecule has 0 atom stereocenters. The van der Waals surface area contributed by atoms with Crippen LogP contribution in [0, 0.1) is 0 Å². The number of para-hydroxylation sites is 2. The zero-order valence-electron chi connectivity index (χ0n) is 39.4. The van der Waals surface area contributed by atoms with E-state index in [9.17, 15) is 11.0 Å². The van der Waals surface area contributed by atoms with Gasteiger partial charge in [-0.15, -0.1) is 0 Å². The zero-order chi connectivity index (χ0) is 44.3. The van der Waals surface area contributed by atoms with Crippen molar-refractivity contribution in [1.82, 2.24) is 9.13 Å². The third kappa shape index (κ3) is 4.50. The van der Waals surface area contributed by atoms with Crippen LogP contribution in [0.4, 0.5) is 0 Å². The first-order valence-electron chi connectivity index (χ1n) is 22.6. The van der Waals surface area contributed by atoms with E-state index in [-0.39, 0.29) is 78.4 Å². The van der Waals surface area contributed by atoms with Gasteiger partial charge in [0.15, 0.2) is 0 Å². The van der Waals surface area contributed by atoms with Crippen LogP contribution in [0.1, 0.15) is 17.8 Å². The lowest BCUT2D eigenvalue weighted by atomic mass is 9.97. The molecule has 0 amide bonds. The summed E-state index contributed by atoms with van der Waals surface area (Å²) in [4.78, 5) is 0. The fourth-order valence-corrected chi connectivity index (χ4v) is 6.78. The van der Waals surface area contributed by atoms with Gasteiger partial charge in [0.05, 0.1) is 39.9 Å². The first-order chi connectivity index (χ1) is 30.3. The molecule has 2 nitrogen and oxygen atoms in total. The third-order valence-corrected chi connectivity index (χ3v) is 9.06. The van der Waals surface area contributed by atoms with Crippen LogP contribution in [0.5, 0.6) is 0 Å². The number of hydrogen-bond donors (Lipinski definition) is 0. The molecule has 0 aliphatic rings. The highest BCUT2D eigenvalue weighted by Crippen LogP contribution is 2.41. The van der Waals surface area contributed by atoms with Gasteiger partial charge in [-0.2, -0.15) is 0 Å². The van der Waals surface area contributed by atoms with E-state index in [1.807, 2.05) is 42.5 Å². The van der Waals surface area contributed by atoms with Crippen LogP contribution in [0.15, 0.2) is 194 Å². The molecule has 2 heteroatoms. The van der Waals surface area contributed by atoms with E-state index in [0.29, 0.717) is 16.9 Å². The minimum absolute atomic E-state index is 0.0134. The summed E-state index contributed by atoms with van der Waals surface area (Å²) in [6.07, 6.45) is 0. The molecule has 0 aliphatic carbocycles. The topological polar surface area (TPSA) is 9.86 Å². The molecule has 10 aromatic rings. The van der Waals surface area contributed by atoms with Crippen molar-refractivity contribution in [3.8, 4) is 44.8 Å². The monoisotopic (exact) mass is 649 g/mol. The average Bonchev–Trinajstić information content (AvgIpc) is 3.86. The Labute approximate surface area is 309 Å². The molecule has 0 N–H and O–H groups in total. The Kier molecular flexibility index (Phi) is 4.19. The van der Waals surface area contributed by atoms with E-state index >= 15 is 0 Å². The molecule has 0 fully saturated rings. The van der Waals surface area contributed by atoms with Crippen LogP contribution in [0.25, 0.3) is 88.4 Å². The Balaban J connectivity index is 1.39. The third-order valence-electron chi connectivity index (χ3n) is 9.06. The summed E-state index contributed by atoms with van der Waals surface area (Å²) in [5.74, 6) is 0. The normalized spacial score (nSPS) is 15.2. The molecule has 0 aliphatic heterocycles. The maximum Gasteiger partial charge on any atom is 0.0645 e. The van der Waals surface area contributed by atoms with Crippen molar-refractivity contribution >= 4 is 43.6 Å². The van der Waals surface area contributed by atoms with Gasteiger partial charge in [-0.25, -0.2) is 0 Å². The van der Waals surface area contributed by atoms with Crippen molar-refractivity contribution < 1.29 is 17.8 Å². The summed E-state index contributed by atoms with van der Waals surface area (Å²) in [5.41, 5.74) is 2.82. The molecule has 0 spiro atoms. The minimum Gasteiger partial charge on any atom is -0.309 e. The van der Waals surface area contributed by atoms with E-state index in [2.05, 4.69) is 0 Å². The van der Waals surface area contributed by atoms with Crippen molar-refractivity contribution in [3.05, 3.63) is 194 Å². The van der Waals surface area contributed by atoms with Gasteiger partial charge >= 0.3 is 0 Å². The number of aromatic nitrogens is 2. The van der Waals surface area contributed by atoms with Gasteiger partial charge < -0.3 is 9.13 Å². The first kappa shape index (κ1) is 18.2. The second-order valence-corrected chi connectivity index (χ2v) is 11.9. The van der Waals surface area contributed by atoms with Gasteiger partial charge in [-0.1, -0.05) is 133 Å². The van der Waals surface area contributed by atoms with Crippen LogP contribution in [-0.2, 0) is 0 Å². The number of nitrogens with zero attached hydrogens (tertiary/aromatic N) is 2. The van der Waals surface area contributed by atoms with Crippen LogP contribution in [-0.4, -0.2) is 9.13 Å². The van der Waals surface area contributed by atoms with Crippen LogP contribution < -0.4 is 0 Å². The van der Waals surface area contributed by atoms with E-state index in [1.54, 1.807) is 77.4 Å². The molecule has 2 heterocycles. The largest absolute Gasteiger partial charge is 0.309 e. The maximum absolute atomic E-state index is 10.0. The Morgan fingerprint density at radius 1 is 0.340 bits per heavy atom. The number of hydrogen-bond acceptors (Lipinski definition) is 0. The second-order valence-electron chi connectivity index (χ2n) is 11.9. The highest BCUT2D eigenvalue weighted by Gasteiger charge is 2.18. The Morgan fingerprint density at radius 2 is 0.860 bits per heavy atom. The summed E-state index contributed by atoms with van der Waals surface area (Å²) in [6, 6.07) is 28.4. The summed E-state index contributed by atoms with van der Waals surface area (Å²) in [7, 11) is 0. The molecule has 0 bridgehead atoms. The van der Waals surface area contributed by atoms with Gasteiger partial charge in [0, 0.05) is 32.9 Å².